The maximum Gasteiger partial charge on any atom is 0.420 e. The van der Waals surface area contributed by atoms with Crippen LogP contribution in [0, 0.1) is 0 Å². The number of esters is 4. The Labute approximate surface area is 188 Å². The zero-order chi connectivity index (χ0) is 25.3. The molecule has 1 N–H and O–H groups in total. The van der Waals surface area contributed by atoms with Gasteiger partial charge in [0.1, 0.15) is 11.9 Å². The Balaban J connectivity index is 0.000000361. The highest BCUT2D eigenvalue weighted by Gasteiger charge is 2.30. The second-order valence-corrected chi connectivity index (χ2v) is 6.88. The molecule has 180 valence electrons. The van der Waals surface area contributed by atoms with Crippen LogP contribution in [0.2, 0.25) is 0 Å². The van der Waals surface area contributed by atoms with Crippen molar-refractivity contribution in [1.82, 2.24) is 19.5 Å². The third-order valence-corrected chi connectivity index (χ3v) is 3.52. The maximum absolute atomic E-state index is 12.0. The van der Waals surface area contributed by atoms with E-state index in [1.165, 1.54) is 20.5 Å². The number of methoxy groups -OCH3 is 4. The lowest BCUT2D eigenvalue weighted by Crippen LogP contribution is -2.29. The van der Waals surface area contributed by atoms with Gasteiger partial charge in [0.2, 0.25) is 0 Å². The van der Waals surface area contributed by atoms with Gasteiger partial charge >= 0.3 is 30.0 Å². The van der Waals surface area contributed by atoms with E-state index in [1.807, 2.05) is 0 Å². The summed E-state index contributed by atoms with van der Waals surface area (Å²) in [5.74, 6) is -3.08. The van der Waals surface area contributed by atoms with Crippen molar-refractivity contribution < 1.29 is 47.7 Å². The van der Waals surface area contributed by atoms with E-state index in [-0.39, 0.29) is 22.8 Å². The molecule has 2 heterocycles. The van der Waals surface area contributed by atoms with Crippen molar-refractivity contribution in [2.24, 2.45) is 0 Å². The van der Waals surface area contributed by atoms with Gasteiger partial charge in [-0.3, -0.25) is 0 Å². The summed E-state index contributed by atoms with van der Waals surface area (Å²) in [4.78, 5) is 67.0. The molecular formula is C19H24N4O10. The van der Waals surface area contributed by atoms with Crippen LogP contribution in [0.15, 0.2) is 12.7 Å². The molecule has 0 aliphatic rings. The SMILES string of the molecule is COC(=O)c1nc[nH]c1C(=O)OC.COC(=O)c1ncn(C(=O)OC(C)(C)C)c1C(=O)OC. The minimum Gasteiger partial charge on any atom is -0.464 e. The molecule has 0 saturated carbocycles. The first kappa shape index (κ1) is 26.8. The molecule has 0 aromatic carbocycles. The second kappa shape index (κ2) is 11.4. The standard InChI is InChI=1S/C12H16N2O6.C7H8N2O4/c1-12(2,3)20-11(17)14-6-13-7(9(15)18-4)8(14)10(16)19-5;1-12-6(10)4-5(7(11)13-2)9-3-8-4/h6H,1-5H3;3H,1-2H3,(H,8,9). The minimum absolute atomic E-state index is 0.00523. The molecule has 0 aliphatic carbocycles. The van der Waals surface area contributed by atoms with Crippen molar-refractivity contribution in [2.45, 2.75) is 26.4 Å². The number of hydrogen-bond acceptors (Lipinski definition) is 12. The van der Waals surface area contributed by atoms with Gasteiger partial charge in [-0.2, -0.15) is 0 Å². The summed E-state index contributed by atoms with van der Waals surface area (Å²) in [6.07, 6.45) is 1.38. The van der Waals surface area contributed by atoms with Crippen LogP contribution in [0.4, 0.5) is 4.79 Å². The van der Waals surface area contributed by atoms with E-state index in [0.717, 1.165) is 25.1 Å². The van der Waals surface area contributed by atoms with Crippen molar-refractivity contribution in [3.05, 3.63) is 35.4 Å². The van der Waals surface area contributed by atoms with Gasteiger partial charge in [-0.05, 0) is 20.8 Å². The summed E-state index contributed by atoms with van der Waals surface area (Å²) >= 11 is 0. The number of H-pyrrole nitrogens is 1. The molecule has 0 saturated heterocycles. The average molecular weight is 468 g/mol. The van der Waals surface area contributed by atoms with Gasteiger partial charge < -0.3 is 28.7 Å². The van der Waals surface area contributed by atoms with Crippen LogP contribution in [-0.4, -0.2) is 83.5 Å². The number of carbonyl (C=O) groups is 5. The molecule has 0 unspecified atom stereocenters. The Kier molecular flexibility index (Phi) is 9.26. The molecule has 0 bridgehead atoms. The predicted octanol–water partition coefficient (Wildman–Crippen LogP) is 1.22. The van der Waals surface area contributed by atoms with E-state index < -0.39 is 35.6 Å². The first-order valence-corrected chi connectivity index (χ1v) is 9.09. The summed E-state index contributed by atoms with van der Waals surface area (Å²) in [5, 5.41) is 0. The number of hydrogen-bond donors (Lipinski definition) is 1. The summed E-state index contributed by atoms with van der Waals surface area (Å²) in [5.41, 5.74) is -1.50. The van der Waals surface area contributed by atoms with Crippen LogP contribution < -0.4 is 0 Å². The maximum atomic E-state index is 12.0. The van der Waals surface area contributed by atoms with Crippen molar-refractivity contribution in [1.29, 1.82) is 0 Å². The van der Waals surface area contributed by atoms with Crippen LogP contribution in [0.1, 0.15) is 62.7 Å². The summed E-state index contributed by atoms with van der Waals surface area (Å²) in [6.45, 7) is 5.00. The smallest absolute Gasteiger partial charge is 0.420 e. The molecule has 33 heavy (non-hydrogen) atoms. The fourth-order valence-electron chi connectivity index (χ4n) is 2.14. The largest absolute Gasteiger partial charge is 0.464 e. The number of imidazole rings is 2. The molecule has 2 rings (SSSR count). The van der Waals surface area contributed by atoms with E-state index in [0.29, 0.717) is 0 Å². The zero-order valence-corrected chi connectivity index (χ0v) is 19.1. The highest BCUT2D eigenvalue weighted by molar-refractivity contribution is 6.02. The Morgan fingerprint density at radius 3 is 1.79 bits per heavy atom. The zero-order valence-electron chi connectivity index (χ0n) is 19.1. The lowest BCUT2D eigenvalue weighted by molar-refractivity contribution is 0.0476. The van der Waals surface area contributed by atoms with Crippen molar-refractivity contribution in [2.75, 3.05) is 28.4 Å². The molecule has 0 spiro atoms. The Hall–Kier alpha value is -4.23. The molecule has 0 radical (unpaired) electrons. The third kappa shape index (κ3) is 6.88. The molecule has 2 aromatic heterocycles. The van der Waals surface area contributed by atoms with Crippen molar-refractivity contribution in [3.63, 3.8) is 0 Å². The fourth-order valence-corrected chi connectivity index (χ4v) is 2.14. The van der Waals surface area contributed by atoms with Crippen molar-refractivity contribution in [3.8, 4) is 0 Å². The summed E-state index contributed by atoms with van der Waals surface area (Å²) in [6, 6.07) is 0. The number of carbonyl (C=O) groups excluding carboxylic acids is 5. The van der Waals surface area contributed by atoms with Gasteiger partial charge in [-0.1, -0.05) is 0 Å². The first-order chi connectivity index (χ1) is 15.4. The van der Waals surface area contributed by atoms with E-state index >= 15 is 0 Å². The number of nitrogens with one attached hydrogen (secondary N) is 1. The number of nitrogens with zero attached hydrogens (tertiary/aromatic N) is 3. The van der Waals surface area contributed by atoms with E-state index in [2.05, 4.69) is 33.9 Å². The lowest BCUT2D eigenvalue weighted by Gasteiger charge is -2.19. The van der Waals surface area contributed by atoms with Crippen LogP contribution in [0.5, 0.6) is 0 Å². The predicted molar refractivity (Wildman–Crippen MR) is 108 cm³/mol. The second-order valence-electron chi connectivity index (χ2n) is 6.88. The normalized spacial score (nSPS) is 10.3. The first-order valence-electron chi connectivity index (χ1n) is 9.09. The van der Waals surface area contributed by atoms with Gasteiger partial charge in [0.15, 0.2) is 22.8 Å². The van der Waals surface area contributed by atoms with E-state index in [9.17, 15) is 24.0 Å². The Morgan fingerprint density at radius 2 is 1.30 bits per heavy atom. The van der Waals surface area contributed by atoms with Crippen LogP contribution >= 0.6 is 0 Å². The van der Waals surface area contributed by atoms with Gasteiger partial charge in [0.25, 0.3) is 0 Å². The molecule has 14 heteroatoms. The molecule has 0 atom stereocenters. The van der Waals surface area contributed by atoms with Crippen LogP contribution in [0.3, 0.4) is 0 Å². The number of rotatable bonds is 4. The number of aromatic amines is 1. The molecule has 2 aromatic rings. The van der Waals surface area contributed by atoms with E-state index in [4.69, 9.17) is 4.74 Å². The Bertz CT molecular complexity index is 1000. The molecular weight excluding hydrogens is 444 g/mol. The van der Waals surface area contributed by atoms with Gasteiger partial charge in [0.05, 0.1) is 34.8 Å². The van der Waals surface area contributed by atoms with Crippen LogP contribution in [0.25, 0.3) is 0 Å². The quantitative estimate of drug-likeness (QED) is 0.502. The monoisotopic (exact) mass is 468 g/mol. The Morgan fingerprint density at radius 1 is 0.788 bits per heavy atom. The lowest BCUT2D eigenvalue weighted by atomic mass is 10.2. The molecule has 0 fully saturated rings. The molecule has 14 nitrogen and oxygen atoms in total. The third-order valence-electron chi connectivity index (χ3n) is 3.52. The average Bonchev–Trinajstić information content (AvgIpc) is 3.43. The van der Waals surface area contributed by atoms with Gasteiger partial charge in [-0.25, -0.2) is 38.5 Å². The van der Waals surface area contributed by atoms with E-state index in [1.54, 1.807) is 20.8 Å². The highest BCUT2D eigenvalue weighted by Crippen LogP contribution is 2.15. The fraction of sp³-hybridized carbons (Fsp3) is 0.421. The molecule has 0 amide bonds. The molecule has 0 aliphatic heterocycles. The highest BCUT2D eigenvalue weighted by atomic mass is 16.6. The topological polar surface area (TPSA) is 178 Å². The minimum atomic E-state index is -0.895. The number of aromatic nitrogens is 4. The van der Waals surface area contributed by atoms with Crippen LogP contribution in [-0.2, 0) is 23.7 Å². The van der Waals surface area contributed by atoms with Gasteiger partial charge in [-0.15, -0.1) is 0 Å². The number of ether oxygens (including phenoxy) is 5. The van der Waals surface area contributed by atoms with Crippen molar-refractivity contribution >= 4 is 30.0 Å². The van der Waals surface area contributed by atoms with Gasteiger partial charge in [0, 0.05) is 0 Å². The summed E-state index contributed by atoms with van der Waals surface area (Å²) < 4.78 is 23.8. The summed E-state index contributed by atoms with van der Waals surface area (Å²) in [7, 11) is 4.67.